The molecule has 6 aromatic rings. The second-order valence-electron chi connectivity index (χ2n) is 16.4. The van der Waals surface area contributed by atoms with Crippen molar-refractivity contribution in [3.05, 3.63) is 215 Å². The van der Waals surface area contributed by atoms with Gasteiger partial charge in [0.15, 0.2) is 18.7 Å². The van der Waals surface area contributed by atoms with Crippen molar-refractivity contribution in [3.8, 4) is 0 Å². The average molecular weight is 911 g/mol. The predicted molar refractivity (Wildman–Crippen MR) is 248 cm³/mol. The average Bonchev–Trinajstić information content (AvgIpc) is 3.38. The van der Waals surface area contributed by atoms with Crippen LogP contribution >= 0.6 is 0 Å². The van der Waals surface area contributed by atoms with E-state index in [1.807, 2.05) is 182 Å². The summed E-state index contributed by atoms with van der Waals surface area (Å²) in [6.07, 6.45) is -9.88. The molecule has 0 saturated carbocycles. The molecule has 2 fully saturated rings. The Morgan fingerprint density at radius 3 is 1.03 bits per heavy atom. The smallest absolute Gasteiger partial charge is 0.335 e. The minimum atomic E-state index is -1.51. The predicted octanol–water partition coefficient (Wildman–Crippen LogP) is 8.70. The van der Waals surface area contributed by atoms with Crippen molar-refractivity contribution in [3.63, 3.8) is 0 Å². The molecule has 8 rings (SSSR count). The Balaban J connectivity index is 1.11. The van der Waals surface area contributed by atoms with Gasteiger partial charge < -0.3 is 52.5 Å². The molecule has 0 bridgehead atoms. The molecule has 67 heavy (non-hydrogen) atoms. The number of hydrogen-bond acceptors (Lipinski definition) is 11. The molecule has 0 aromatic heterocycles. The van der Waals surface area contributed by atoms with Gasteiger partial charge in [-0.2, -0.15) is 0 Å². The Kier molecular flexibility index (Phi) is 17.8. The quantitative estimate of drug-likeness (QED) is 0.0661. The maximum Gasteiger partial charge on any atom is 0.335 e. The molecule has 2 aliphatic rings. The van der Waals surface area contributed by atoms with Crippen molar-refractivity contribution in [2.75, 3.05) is 13.7 Å². The maximum atomic E-state index is 13.3. The molecular weight excluding hydrogens is 853 g/mol. The van der Waals surface area contributed by atoms with Crippen LogP contribution < -0.4 is 0 Å². The lowest BCUT2D eigenvalue weighted by Gasteiger charge is -2.47. The lowest BCUT2D eigenvalue weighted by Crippen LogP contribution is -2.64. The van der Waals surface area contributed by atoms with Crippen molar-refractivity contribution in [2.24, 2.45) is 0 Å². The molecule has 0 amide bonds. The number of aliphatic carboxylic acids is 1. The first kappa shape index (κ1) is 47.9. The lowest BCUT2D eigenvalue weighted by molar-refractivity contribution is -0.346. The van der Waals surface area contributed by atoms with E-state index in [9.17, 15) is 9.90 Å². The second kappa shape index (κ2) is 25.0. The fourth-order valence-electron chi connectivity index (χ4n) is 8.25. The van der Waals surface area contributed by atoms with E-state index in [2.05, 4.69) is 0 Å². The molecule has 12 nitrogen and oxygen atoms in total. The van der Waals surface area contributed by atoms with Gasteiger partial charge in [0, 0.05) is 7.11 Å². The van der Waals surface area contributed by atoms with E-state index in [1.54, 1.807) is 7.11 Å². The Hall–Kier alpha value is -5.61. The van der Waals surface area contributed by atoms with Crippen molar-refractivity contribution in [1.29, 1.82) is 0 Å². The summed E-state index contributed by atoms with van der Waals surface area (Å²) >= 11 is 0. The molecule has 12 heteroatoms. The molecule has 2 saturated heterocycles. The van der Waals surface area contributed by atoms with E-state index in [0.717, 1.165) is 33.4 Å². The molecule has 1 N–H and O–H groups in total. The molecule has 2 heterocycles. The monoisotopic (exact) mass is 910 g/mol. The maximum absolute atomic E-state index is 13.3. The van der Waals surface area contributed by atoms with E-state index in [0.29, 0.717) is 0 Å². The van der Waals surface area contributed by atoms with Crippen LogP contribution in [0.3, 0.4) is 0 Å². The van der Waals surface area contributed by atoms with Gasteiger partial charge in [-0.05, 0) is 33.4 Å². The fraction of sp³-hybridized carbons (Fsp3) is 0.327. The van der Waals surface area contributed by atoms with Gasteiger partial charge in [-0.1, -0.05) is 182 Å². The molecule has 6 aromatic carbocycles. The van der Waals surface area contributed by atoms with Crippen LogP contribution in [0.15, 0.2) is 182 Å². The summed E-state index contributed by atoms with van der Waals surface area (Å²) in [7, 11) is 1.56. The highest BCUT2D eigenvalue weighted by Crippen LogP contribution is 2.35. The summed E-state index contributed by atoms with van der Waals surface area (Å²) in [4.78, 5) is 13.3. The van der Waals surface area contributed by atoms with Crippen LogP contribution in [0.2, 0.25) is 0 Å². The highest BCUT2D eigenvalue weighted by Gasteiger charge is 2.53. The summed E-state index contributed by atoms with van der Waals surface area (Å²) in [6, 6.07) is 58.4. The molecule has 0 radical (unpaired) electrons. The number of carboxylic acid groups (broad SMARTS) is 1. The van der Waals surface area contributed by atoms with Crippen LogP contribution in [0.1, 0.15) is 33.4 Å². The zero-order valence-electron chi connectivity index (χ0n) is 37.5. The Labute approximate surface area is 392 Å². The molecule has 2 aliphatic heterocycles. The highest BCUT2D eigenvalue weighted by molar-refractivity contribution is 5.73. The first-order valence-electron chi connectivity index (χ1n) is 22.6. The summed E-state index contributed by atoms with van der Waals surface area (Å²) < 4.78 is 66.1. The first-order chi connectivity index (χ1) is 33.0. The summed E-state index contributed by atoms with van der Waals surface area (Å²) in [6.45, 7) is 0.969. The number of methoxy groups -OCH3 is 1. The van der Waals surface area contributed by atoms with Gasteiger partial charge in [0.25, 0.3) is 0 Å². The Morgan fingerprint density at radius 1 is 0.388 bits per heavy atom. The van der Waals surface area contributed by atoms with Crippen LogP contribution in [0.4, 0.5) is 0 Å². The first-order valence-corrected chi connectivity index (χ1v) is 22.6. The topological polar surface area (TPSA) is 130 Å². The third-order valence-electron chi connectivity index (χ3n) is 11.7. The molecular formula is C55H58O12. The number of rotatable bonds is 23. The van der Waals surface area contributed by atoms with E-state index < -0.39 is 67.4 Å². The number of carboxylic acids is 1. The number of ether oxygens (including phenoxy) is 10. The van der Waals surface area contributed by atoms with Crippen molar-refractivity contribution >= 4 is 5.97 Å². The van der Waals surface area contributed by atoms with Gasteiger partial charge in [0.2, 0.25) is 0 Å². The third-order valence-corrected chi connectivity index (χ3v) is 11.7. The number of benzene rings is 6. The molecule has 10 atom stereocenters. The van der Waals surface area contributed by atoms with Crippen LogP contribution in [0, 0.1) is 0 Å². The number of carbonyl (C=O) groups is 1. The largest absolute Gasteiger partial charge is 0.479 e. The molecule has 10 unspecified atom stereocenters. The van der Waals surface area contributed by atoms with Crippen molar-refractivity contribution < 1.29 is 57.3 Å². The standard InChI is InChI=1S/C55H58O12/c1-58-54-51(63-36-43-28-16-6-17-29-43)47(60-33-40-22-10-3-11-23-40)46(59-32-39-20-8-2-9-21-39)45(66-54)38-65-55-52(64-37-44-30-18-7-19-31-44)49(62-35-42-26-14-5-15-27-42)48(50(67-55)53(56)57)61-34-41-24-12-4-13-25-41/h2-31,45-52,54-55H,32-38H2,1H3,(H,56,57). The van der Waals surface area contributed by atoms with Crippen LogP contribution in [-0.2, 0) is 91.8 Å². The SMILES string of the molecule is COC1OC(COC2OC(C(=O)O)C(OCc3ccccc3)C(OCc3ccccc3)C2OCc2ccccc2)C(OCc2ccccc2)C(OCc2ccccc2)C1OCc1ccccc1. The minimum absolute atomic E-state index is 0.105. The van der Waals surface area contributed by atoms with Gasteiger partial charge in [0.1, 0.15) is 42.7 Å². The minimum Gasteiger partial charge on any atom is -0.479 e. The van der Waals surface area contributed by atoms with E-state index >= 15 is 0 Å². The molecule has 0 spiro atoms. The zero-order chi connectivity index (χ0) is 46.0. The Bertz CT molecular complexity index is 2310. The van der Waals surface area contributed by atoms with Crippen molar-refractivity contribution in [1.82, 2.24) is 0 Å². The molecule has 350 valence electrons. The Morgan fingerprint density at radius 2 is 0.687 bits per heavy atom. The second-order valence-corrected chi connectivity index (χ2v) is 16.4. The van der Waals surface area contributed by atoms with E-state index in [1.165, 1.54) is 0 Å². The zero-order valence-corrected chi connectivity index (χ0v) is 37.5. The van der Waals surface area contributed by atoms with Crippen molar-refractivity contribution in [2.45, 2.75) is 101 Å². The fourth-order valence-corrected chi connectivity index (χ4v) is 8.25. The van der Waals surface area contributed by atoms with Gasteiger partial charge in [-0.15, -0.1) is 0 Å². The normalized spacial score (nSPS) is 25.1. The van der Waals surface area contributed by atoms with Gasteiger partial charge in [-0.25, -0.2) is 4.79 Å². The number of hydrogen-bond donors (Lipinski definition) is 1. The van der Waals surface area contributed by atoms with Gasteiger partial charge in [-0.3, -0.25) is 0 Å². The molecule has 0 aliphatic carbocycles. The van der Waals surface area contributed by atoms with Crippen LogP contribution in [0.25, 0.3) is 0 Å². The third kappa shape index (κ3) is 13.5. The summed E-state index contributed by atoms with van der Waals surface area (Å²) in [5.74, 6) is -1.24. The van der Waals surface area contributed by atoms with Gasteiger partial charge >= 0.3 is 5.97 Å². The summed E-state index contributed by atoms with van der Waals surface area (Å²) in [5.41, 5.74) is 5.48. The highest BCUT2D eigenvalue weighted by atomic mass is 16.7. The summed E-state index contributed by atoms with van der Waals surface area (Å²) in [5, 5.41) is 10.8. The van der Waals surface area contributed by atoms with E-state index in [-0.39, 0.29) is 46.2 Å². The lowest BCUT2D eigenvalue weighted by atomic mass is 9.96. The van der Waals surface area contributed by atoms with Crippen LogP contribution in [-0.4, -0.2) is 86.2 Å². The van der Waals surface area contributed by atoms with Gasteiger partial charge in [0.05, 0.1) is 46.2 Å². The van der Waals surface area contributed by atoms with Crippen LogP contribution in [0.5, 0.6) is 0 Å². The van der Waals surface area contributed by atoms with E-state index in [4.69, 9.17) is 47.4 Å².